The zero-order valence-corrected chi connectivity index (χ0v) is 26.6. The summed E-state index contributed by atoms with van der Waals surface area (Å²) in [6.07, 6.45) is -1.77. The average Bonchev–Trinajstić information content (AvgIpc) is 3.09. The van der Waals surface area contributed by atoms with Crippen molar-refractivity contribution in [2.75, 3.05) is 52.4 Å². The second-order valence-electron chi connectivity index (χ2n) is 11.3. The van der Waals surface area contributed by atoms with Crippen molar-refractivity contribution in [1.82, 2.24) is 19.6 Å². The molecule has 1 fully saturated rings. The second-order valence-corrected chi connectivity index (χ2v) is 11.3. The van der Waals surface area contributed by atoms with E-state index in [-0.39, 0.29) is 72.2 Å². The Kier molecular flexibility index (Phi) is 13.4. The fourth-order valence-corrected chi connectivity index (χ4v) is 5.07. The molecule has 47 heavy (non-hydrogen) atoms. The topological polar surface area (TPSA) is 129 Å². The van der Waals surface area contributed by atoms with E-state index in [4.69, 9.17) is 14.2 Å². The summed E-state index contributed by atoms with van der Waals surface area (Å²) in [5.74, 6) is -1.03. The maximum atomic E-state index is 13.4. The number of hydrogen-bond donors (Lipinski definition) is 1. The highest BCUT2D eigenvalue weighted by atomic mass is 16.6. The standard InChI is InChI=1S/C35H42N4O8/c1-28-23-39(35(44)47-27-31-15-9-4-10-16-31)22-20-37(34(43)46-26-30-13-7-3-8-14-30)18-17-36(19-21-38(28)24-32(40)41)33(42)45-25-29-11-5-2-6-12-29/h2-16,28H,17-27H2,1H3,(H,40,41). The van der Waals surface area contributed by atoms with Crippen LogP contribution >= 0.6 is 0 Å². The number of aliphatic carboxylic acids is 1. The Morgan fingerprint density at radius 3 is 1.30 bits per heavy atom. The van der Waals surface area contributed by atoms with Crippen molar-refractivity contribution < 1.29 is 38.5 Å². The van der Waals surface area contributed by atoms with Gasteiger partial charge in [-0.1, -0.05) is 91.0 Å². The smallest absolute Gasteiger partial charge is 0.410 e. The van der Waals surface area contributed by atoms with Gasteiger partial charge in [-0.05, 0) is 23.6 Å². The summed E-state index contributed by atoms with van der Waals surface area (Å²) in [5.41, 5.74) is 2.46. The van der Waals surface area contributed by atoms with Crippen LogP contribution in [0.1, 0.15) is 23.6 Å². The van der Waals surface area contributed by atoms with Crippen molar-refractivity contribution in [3.8, 4) is 0 Å². The van der Waals surface area contributed by atoms with Crippen molar-refractivity contribution in [1.29, 1.82) is 0 Å². The van der Waals surface area contributed by atoms with Crippen LogP contribution in [-0.4, -0.2) is 107 Å². The SMILES string of the molecule is CC1CN(C(=O)OCc2ccccc2)CCN(C(=O)OCc2ccccc2)CCN(C(=O)OCc2ccccc2)CCN1CC(=O)O. The van der Waals surface area contributed by atoms with Crippen molar-refractivity contribution >= 4 is 24.2 Å². The van der Waals surface area contributed by atoms with Crippen LogP contribution in [0.3, 0.4) is 0 Å². The van der Waals surface area contributed by atoms with Gasteiger partial charge in [0.1, 0.15) is 19.8 Å². The highest BCUT2D eigenvalue weighted by Crippen LogP contribution is 2.12. The lowest BCUT2D eigenvalue weighted by Gasteiger charge is -2.36. The van der Waals surface area contributed by atoms with E-state index in [1.54, 1.807) is 4.90 Å². The molecule has 1 saturated heterocycles. The first-order valence-corrected chi connectivity index (χ1v) is 15.6. The number of ether oxygens (including phenoxy) is 3. The van der Waals surface area contributed by atoms with E-state index in [1.165, 1.54) is 14.7 Å². The number of carbonyl (C=O) groups is 4. The van der Waals surface area contributed by atoms with E-state index in [0.29, 0.717) is 0 Å². The molecule has 0 spiro atoms. The van der Waals surface area contributed by atoms with E-state index < -0.39 is 30.3 Å². The third-order valence-corrected chi connectivity index (χ3v) is 7.77. The highest BCUT2D eigenvalue weighted by Gasteiger charge is 2.28. The van der Waals surface area contributed by atoms with Crippen LogP contribution in [0, 0.1) is 0 Å². The number of amides is 3. The summed E-state index contributed by atoms with van der Waals surface area (Å²) in [7, 11) is 0. The molecular formula is C35H42N4O8. The van der Waals surface area contributed by atoms with E-state index in [1.807, 2.05) is 97.9 Å². The van der Waals surface area contributed by atoms with Crippen LogP contribution in [0.25, 0.3) is 0 Å². The average molecular weight is 647 g/mol. The molecule has 3 amide bonds. The quantitative estimate of drug-likeness (QED) is 0.347. The van der Waals surface area contributed by atoms with Gasteiger partial charge in [0.25, 0.3) is 0 Å². The molecule has 0 saturated carbocycles. The molecule has 4 rings (SSSR count). The van der Waals surface area contributed by atoms with Gasteiger partial charge < -0.3 is 34.0 Å². The van der Waals surface area contributed by atoms with Crippen molar-refractivity contribution in [2.24, 2.45) is 0 Å². The molecule has 0 aliphatic carbocycles. The minimum Gasteiger partial charge on any atom is -0.480 e. The lowest BCUT2D eigenvalue weighted by atomic mass is 10.2. The predicted molar refractivity (Wildman–Crippen MR) is 173 cm³/mol. The summed E-state index contributed by atoms with van der Waals surface area (Å²) in [4.78, 5) is 57.9. The number of nitrogens with zero attached hydrogens (tertiary/aromatic N) is 4. The van der Waals surface area contributed by atoms with Gasteiger partial charge in [0, 0.05) is 51.9 Å². The number of rotatable bonds is 8. The van der Waals surface area contributed by atoms with Gasteiger partial charge in [-0.3, -0.25) is 9.69 Å². The molecule has 3 aromatic carbocycles. The van der Waals surface area contributed by atoms with Gasteiger partial charge in [-0.2, -0.15) is 0 Å². The van der Waals surface area contributed by atoms with Gasteiger partial charge in [-0.15, -0.1) is 0 Å². The lowest BCUT2D eigenvalue weighted by molar-refractivity contribution is -0.139. The van der Waals surface area contributed by atoms with Crippen LogP contribution in [0.15, 0.2) is 91.0 Å². The third kappa shape index (κ3) is 11.6. The van der Waals surface area contributed by atoms with Crippen LogP contribution < -0.4 is 0 Å². The number of carbonyl (C=O) groups excluding carboxylic acids is 3. The van der Waals surface area contributed by atoms with Crippen molar-refractivity contribution in [2.45, 2.75) is 32.8 Å². The Morgan fingerprint density at radius 2 is 0.915 bits per heavy atom. The Bertz CT molecular complexity index is 1430. The van der Waals surface area contributed by atoms with E-state index in [0.717, 1.165) is 16.7 Å². The Morgan fingerprint density at radius 1 is 0.574 bits per heavy atom. The fourth-order valence-electron chi connectivity index (χ4n) is 5.07. The summed E-state index contributed by atoms with van der Waals surface area (Å²) in [6.45, 7) is 2.54. The van der Waals surface area contributed by atoms with Gasteiger partial charge in [-0.25, -0.2) is 14.4 Å². The van der Waals surface area contributed by atoms with Gasteiger partial charge in [0.2, 0.25) is 0 Å². The second kappa shape index (κ2) is 18.1. The van der Waals surface area contributed by atoms with Crippen LogP contribution in [0.5, 0.6) is 0 Å². The van der Waals surface area contributed by atoms with Gasteiger partial charge >= 0.3 is 24.2 Å². The number of hydrogen-bond acceptors (Lipinski definition) is 8. The Labute approximate surface area is 275 Å². The van der Waals surface area contributed by atoms with E-state index in [2.05, 4.69) is 0 Å². The summed E-state index contributed by atoms with van der Waals surface area (Å²) in [6, 6.07) is 27.4. The Hall–Kier alpha value is -5.10. The van der Waals surface area contributed by atoms with Crippen LogP contribution in [-0.2, 0) is 38.8 Å². The number of carboxylic acids is 1. The van der Waals surface area contributed by atoms with Crippen LogP contribution in [0.4, 0.5) is 14.4 Å². The normalized spacial score (nSPS) is 16.4. The maximum Gasteiger partial charge on any atom is 0.410 e. The van der Waals surface area contributed by atoms with Crippen LogP contribution in [0.2, 0.25) is 0 Å². The van der Waals surface area contributed by atoms with Crippen molar-refractivity contribution in [3.05, 3.63) is 108 Å². The van der Waals surface area contributed by atoms with E-state index in [9.17, 15) is 24.3 Å². The fraction of sp³-hybridized carbons (Fsp3) is 0.371. The number of carboxylic acid groups (broad SMARTS) is 1. The Balaban J connectivity index is 1.52. The molecule has 1 atom stereocenters. The summed E-state index contributed by atoms with van der Waals surface area (Å²) in [5, 5.41) is 9.66. The molecular weight excluding hydrogens is 604 g/mol. The molecule has 1 unspecified atom stereocenters. The number of benzene rings is 3. The molecule has 1 heterocycles. The molecule has 12 heteroatoms. The zero-order chi connectivity index (χ0) is 33.4. The first kappa shape index (κ1) is 34.8. The molecule has 12 nitrogen and oxygen atoms in total. The van der Waals surface area contributed by atoms with E-state index >= 15 is 0 Å². The predicted octanol–water partition coefficient (Wildman–Crippen LogP) is 4.69. The van der Waals surface area contributed by atoms with Crippen molar-refractivity contribution in [3.63, 3.8) is 0 Å². The molecule has 0 bridgehead atoms. The largest absolute Gasteiger partial charge is 0.480 e. The minimum absolute atomic E-state index is 0.0586. The molecule has 3 aromatic rings. The first-order chi connectivity index (χ1) is 22.8. The maximum absolute atomic E-state index is 13.4. The lowest BCUT2D eigenvalue weighted by Crippen LogP contribution is -2.53. The molecule has 0 aromatic heterocycles. The highest BCUT2D eigenvalue weighted by molar-refractivity contribution is 5.70. The molecule has 1 aliphatic rings. The van der Waals surface area contributed by atoms with Gasteiger partial charge in [0.15, 0.2) is 0 Å². The first-order valence-electron chi connectivity index (χ1n) is 15.6. The summed E-state index contributed by atoms with van der Waals surface area (Å²) >= 11 is 0. The van der Waals surface area contributed by atoms with Gasteiger partial charge in [0.05, 0.1) is 6.54 Å². The summed E-state index contributed by atoms with van der Waals surface area (Å²) < 4.78 is 16.8. The molecule has 250 valence electrons. The molecule has 1 N–H and O–H groups in total. The zero-order valence-electron chi connectivity index (χ0n) is 26.6. The molecule has 0 radical (unpaired) electrons. The third-order valence-electron chi connectivity index (χ3n) is 7.77. The minimum atomic E-state index is -1.03. The molecule has 1 aliphatic heterocycles. The monoisotopic (exact) mass is 646 g/mol.